The highest BCUT2D eigenvalue weighted by Crippen LogP contribution is 2.32. The largest absolute Gasteiger partial charge is 0.382 e. The Morgan fingerprint density at radius 1 is 1.45 bits per heavy atom. The van der Waals surface area contributed by atoms with Crippen molar-refractivity contribution in [3.63, 3.8) is 0 Å². The maximum absolute atomic E-state index is 10.6. The lowest BCUT2D eigenvalue weighted by atomic mass is 10.1. The number of allylic oxidation sites excluding steroid dienone is 1. The Kier molecular flexibility index (Phi) is 5.17. The highest BCUT2D eigenvalue weighted by molar-refractivity contribution is 6.35. The molecule has 1 atom stereocenters. The topological polar surface area (TPSA) is 50.9 Å². The Morgan fingerprint density at radius 3 is 2.85 bits per heavy atom. The number of halogens is 2. The van der Waals surface area contributed by atoms with E-state index in [9.17, 15) is 5.11 Å². The summed E-state index contributed by atoms with van der Waals surface area (Å²) in [7, 11) is 0. The van der Waals surface area contributed by atoms with Gasteiger partial charge in [-0.1, -0.05) is 48.7 Å². The van der Waals surface area contributed by atoms with Gasteiger partial charge in [0.15, 0.2) is 0 Å². The Labute approximate surface area is 127 Å². The van der Waals surface area contributed by atoms with Crippen molar-refractivity contribution in [2.24, 2.45) is 0 Å². The van der Waals surface area contributed by atoms with Gasteiger partial charge in [0, 0.05) is 15.6 Å². The normalized spacial score (nSPS) is 13.5. The molecule has 1 N–H and O–H groups in total. The predicted octanol–water partition coefficient (Wildman–Crippen LogP) is 3.96. The number of hydrogen-bond acceptors (Lipinski definition) is 3. The first-order valence-corrected chi connectivity index (χ1v) is 7.07. The second-order valence-electron chi connectivity index (χ2n) is 4.33. The van der Waals surface area contributed by atoms with Crippen molar-refractivity contribution in [1.82, 2.24) is 14.8 Å². The van der Waals surface area contributed by atoms with Crippen molar-refractivity contribution < 1.29 is 5.11 Å². The second-order valence-corrected chi connectivity index (χ2v) is 5.17. The molecule has 0 spiro atoms. The van der Waals surface area contributed by atoms with E-state index in [0.717, 1.165) is 12.8 Å². The molecule has 0 aliphatic heterocycles. The van der Waals surface area contributed by atoms with Gasteiger partial charge in [-0.25, -0.2) is 9.67 Å². The van der Waals surface area contributed by atoms with E-state index < -0.39 is 6.10 Å². The monoisotopic (exact) mass is 311 g/mol. The molecule has 1 aromatic carbocycles. The molecule has 2 aromatic rings. The van der Waals surface area contributed by atoms with Crippen LogP contribution in [0.25, 0.3) is 5.70 Å². The lowest BCUT2D eigenvalue weighted by Gasteiger charge is -2.17. The van der Waals surface area contributed by atoms with Gasteiger partial charge in [0.2, 0.25) is 0 Å². The molecule has 0 saturated heterocycles. The minimum Gasteiger partial charge on any atom is -0.382 e. The van der Waals surface area contributed by atoms with E-state index in [4.69, 9.17) is 23.2 Å². The van der Waals surface area contributed by atoms with E-state index in [1.807, 2.05) is 6.08 Å². The zero-order valence-electron chi connectivity index (χ0n) is 11.0. The summed E-state index contributed by atoms with van der Waals surface area (Å²) in [5.74, 6) is 0. The molecule has 0 aliphatic carbocycles. The molecule has 1 heterocycles. The van der Waals surface area contributed by atoms with Gasteiger partial charge in [0.05, 0.1) is 5.70 Å². The van der Waals surface area contributed by atoms with Gasteiger partial charge in [0.25, 0.3) is 0 Å². The van der Waals surface area contributed by atoms with E-state index >= 15 is 0 Å². The molecule has 4 nitrogen and oxygen atoms in total. The molecule has 0 aliphatic rings. The molecule has 0 fully saturated rings. The summed E-state index contributed by atoms with van der Waals surface area (Å²) < 4.78 is 1.55. The van der Waals surface area contributed by atoms with E-state index in [1.165, 1.54) is 6.33 Å². The van der Waals surface area contributed by atoms with Crippen LogP contribution in [0.15, 0.2) is 36.9 Å². The molecule has 20 heavy (non-hydrogen) atoms. The SMILES string of the molecule is CCC/C=C(\[C@H](O)c1ccc(Cl)cc1Cl)n1cncn1. The molecule has 2 rings (SSSR count). The van der Waals surface area contributed by atoms with Gasteiger partial charge in [-0.3, -0.25) is 0 Å². The summed E-state index contributed by atoms with van der Waals surface area (Å²) in [6, 6.07) is 5.03. The van der Waals surface area contributed by atoms with Crippen LogP contribution in [0.5, 0.6) is 0 Å². The van der Waals surface area contributed by atoms with Crippen LogP contribution in [0.3, 0.4) is 0 Å². The van der Waals surface area contributed by atoms with Gasteiger partial charge in [0.1, 0.15) is 18.8 Å². The first-order chi connectivity index (χ1) is 9.63. The summed E-state index contributed by atoms with van der Waals surface area (Å²) in [6.07, 6.45) is 5.83. The van der Waals surface area contributed by atoms with Crippen LogP contribution in [0.1, 0.15) is 31.4 Å². The fourth-order valence-corrected chi connectivity index (χ4v) is 2.36. The number of unbranched alkanes of at least 4 members (excludes halogenated alkanes) is 1. The average Bonchev–Trinajstić information content (AvgIpc) is 2.93. The van der Waals surface area contributed by atoms with E-state index in [0.29, 0.717) is 21.3 Å². The van der Waals surface area contributed by atoms with Crippen molar-refractivity contribution in [3.05, 3.63) is 52.5 Å². The summed E-state index contributed by atoms with van der Waals surface area (Å²) in [5, 5.41) is 15.6. The molecule has 0 radical (unpaired) electrons. The van der Waals surface area contributed by atoms with Gasteiger partial charge in [-0.05, 0) is 18.6 Å². The van der Waals surface area contributed by atoms with Gasteiger partial charge in [-0.15, -0.1) is 0 Å². The number of aliphatic hydroxyl groups excluding tert-OH is 1. The molecule has 6 heteroatoms. The molecule has 1 aromatic heterocycles. The highest BCUT2D eigenvalue weighted by atomic mass is 35.5. The van der Waals surface area contributed by atoms with Crippen LogP contribution in [0.2, 0.25) is 10.0 Å². The second kappa shape index (κ2) is 6.88. The fraction of sp³-hybridized carbons (Fsp3) is 0.286. The zero-order chi connectivity index (χ0) is 14.5. The molecule has 106 valence electrons. The van der Waals surface area contributed by atoms with Crippen molar-refractivity contribution in [2.75, 3.05) is 0 Å². The minimum atomic E-state index is -0.881. The summed E-state index contributed by atoms with van der Waals surface area (Å²) >= 11 is 12.0. The van der Waals surface area contributed by atoms with Gasteiger partial charge >= 0.3 is 0 Å². The number of hydrogen-bond donors (Lipinski definition) is 1. The van der Waals surface area contributed by atoms with Crippen LogP contribution in [-0.4, -0.2) is 19.9 Å². The third kappa shape index (κ3) is 3.39. The van der Waals surface area contributed by atoms with Crippen LogP contribution in [0.4, 0.5) is 0 Å². The Morgan fingerprint density at radius 2 is 2.25 bits per heavy atom. The third-order valence-electron chi connectivity index (χ3n) is 2.86. The molecule has 0 saturated carbocycles. The highest BCUT2D eigenvalue weighted by Gasteiger charge is 2.18. The van der Waals surface area contributed by atoms with E-state index in [1.54, 1.807) is 29.2 Å². The zero-order valence-corrected chi connectivity index (χ0v) is 12.5. The van der Waals surface area contributed by atoms with Crippen molar-refractivity contribution in [3.8, 4) is 0 Å². The van der Waals surface area contributed by atoms with Crippen LogP contribution >= 0.6 is 23.2 Å². The number of rotatable bonds is 5. The van der Waals surface area contributed by atoms with Crippen LogP contribution in [-0.2, 0) is 0 Å². The number of benzene rings is 1. The van der Waals surface area contributed by atoms with Crippen LogP contribution < -0.4 is 0 Å². The summed E-state index contributed by atoms with van der Waals surface area (Å²) in [4.78, 5) is 3.91. The lowest BCUT2D eigenvalue weighted by Crippen LogP contribution is -2.09. The smallest absolute Gasteiger partial charge is 0.138 e. The maximum atomic E-state index is 10.6. The van der Waals surface area contributed by atoms with Gasteiger partial charge in [-0.2, -0.15) is 5.10 Å². The van der Waals surface area contributed by atoms with E-state index in [2.05, 4.69) is 17.0 Å². The summed E-state index contributed by atoms with van der Waals surface area (Å²) in [6.45, 7) is 2.07. The molecule has 0 bridgehead atoms. The van der Waals surface area contributed by atoms with E-state index in [-0.39, 0.29) is 0 Å². The number of aliphatic hydroxyl groups is 1. The minimum absolute atomic E-state index is 0.424. The Bertz CT molecular complexity index is 596. The van der Waals surface area contributed by atoms with Crippen LogP contribution in [0, 0.1) is 0 Å². The van der Waals surface area contributed by atoms with Gasteiger partial charge < -0.3 is 5.11 Å². The van der Waals surface area contributed by atoms with Crippen molar-refractivity contribution in [1.29, 1.82) is 0 Å². The van der Waals surface area contributed by atoms with Crippen molar-refractivity contribution >= 4 is 28.9 Å². The molecular formula is C14H15Cl2N3O. The Balaban J connectivity index is 2.38. The molecule has 0 amide bonds. The first-order valence-electron chi connectivity index (χ1n) is 6.31. The quantitative estimate of drug-likeness (QED) is 0.909. The lowest BCUT2D eigenvalue weighted by molar-refractivity contribution is 0.230. The first kappa shape index (κ1) is 15.0. The average molecular weight is 312 g/mol. The maximum Gasteiger partial charge on any atom is 0.138 e. The molecule has 0 unspecified atom stereocenters. The Hall–Kier alpha value is -1.36. The van der Waals surface area contributed by atoms with Crippen molar-refractivity contribution in [2.45, 2.75) is 25.9 Å². The predicted molar refractivity (Wildman–Crippen MR) is 80.6 cm³/mol. The number of nitrogens with zero attached hydrogens (tertiary/aromatic N) is 3. The third-order valence-corrected chi connectivity index (χ3v) is 3.43. The summed E-state index contributed by atoms with van der Waals surface area (Å²) in [5.41, 5.74) is 1.22. The fourth-order valence-electron chi connectivity index (χ4n) is 1.85. The molecular weight excluding hydrogens is 297 g/mol. The standard InChI is InChI=1S/C14H15Cl2N3O/c1-2-3-4-13(19-9-17-8-18-19)14(20)11-6-5-10(15)7-12(11)16/h4-9,14,20H,2-3H2,1H3/b13-4+/t14-/m1/s1. The number of aromatic nitrogens is 3.